The topological polar surface area (TPSA) is 63.6 Å². The second-order valence-corrected chi connectivity index (χ2v) is 8.60. The third kappa shape index (κ3) is 3.13. The fraction of sp³-hybridized carbons (Fsp3) is 0.250. The van der Waals surface area contributed by atoms with Gasteiger partial charge in [-0.2, -0.15) is 8.42 Å². The maximum Gasteiger partial charge on any atom is 0.298 e. The number of rotatable bonds is 2. The SMILES string of the molecule is COc1cc2c(cc1S(=O)(=O)O)-c1ssc(=S)c1CC2.[Na]. The first kappa shape index (κ1) is 17.6. The Morgan fingerprint density at radius 2 is 2.00 bits per heavy atom. The predicted molar refractivity (Wildman–Crippen MR) is 88.0 cm³/mol. The number of methoxy groups -OCH3 is 1. The van der Waals surface area contributed by atoms with Gasteiger partial charge in [0.05, 0.1) is 12.0 Å². The minimum atomic E-state index is -4.32. The van der Waals surface area contributed by atoms with Crippen molar-refractivity contribution in [2.45, 2.75) is 17.7 Å². The Morgan fingerprint density at radius 1 is 1.29 bits per heavy atom. The van der Waals surface area contributed by atoms with Gasteiger partial charge < -0.3 is 4.74 Å². The van der Waals surface area contributed by atoms with Gasteiger partial charge >= 0.3 is 0 Å². The molecule has 0 saturated carbocycles. The molecule has 1 aromatic carbocycles. The van der Waals surface area contributed by atoms with Crippen LogP contribution in [0.15, 0.2) is 17.0 Å². The van der Waals surface area contributed by atoms with Crippen LogP contribution in [0.4, 0.5) is 0 Å². The molecule has 0 atom stereocenters. The van der Waals surface area contributed by atoms with Gasteiger partial charge in [0.25, 0.3) is 10.1 Å². The summed E-state index contributed by atoms with van der Waals surface area (Å²) in [6.07, 6.45) is 1.65. The Balaban J connectivity index is 0.00000161. The van der Waals surface area contributed by atoms with Crippen molar-refractivity contribution in [1.82, 2.24) is 0 Å². The number of benzene rings is 1. The molecule has 0 aliphatic heterocycles. The zero-order valence-corrected chi connectivity index (χ0v) is 16.6. The van der Waals surface area contributed by atoms with Crippen molar-refractivity contribution in [3.63, 3.8) is 0 Å². The Hall–Kier alpha value is 0.200. The average molecular weight is 369 g/mol. The smallest absolute Gasteiger partial charge is 0.298 e. The molecule has 0 amide bonds. The van der Waals surface area contributed by atoms with Gasteiger partial charge in [0.1, 0.15) is 14.5 Å². The van der Waals surface area contributed by atoms with Gasteiger partial charge in [-0.25, -0.2) is 0 Å². The minimum Gasteiger partial charge on any atom is -0.495 e. The van der Waals surface area contributed by atoms with E-state index < -0.39 is 10.1 Å². The summed E-state index contributed by atoms with van der Waals surface area (Å²) < 4.78 is 38.2. The van der Waals surface area contributed by atoms with Gasteiger partial charge in [-0.1, -0.05) is 32.9 Å². The predicted octanol–water partition coefficient (Wildman–Crippen LogP) is 3.18. The zero-order valence-electron chi connectivity index (χ0n) is 11.4. The van der Waals surface area contributed by atoms with Crippen LogP contribution in [-0.2, 0) is 23.0 Å². The van der Waals surface area contributed by atoms with Gasteiger partial charge in [0.2, 0.25) is 0 Å². The molecule has 107 valence electrons. The summed E-state index contributed by atoms with van der Waals surface area (Å²) in [5.41, 5.74) is 2.96. The van der Waals surface area contributed by atoms with Crippen molar-refractivity contribution < 1.29 is 17.7 Å². The van der Waals surface area contributed by atoms with Crippen molar-refractivity contribution in [1.29, 1.82) is 0 Å². The van der Waals surface area contributed by atoms with E-state index in [1.54, 1.807) is 16.4 Å². The van der Waals surface area contributed by atoms with E-state index in [0.29, 0.717) is 0 Å². The molecule has 0 unspecified atom stereocenters. The van der Waals surface area contributed by atoms with Crippen LogP contribution in [0.5, 0.6) is 5.75 Å². The van der Waals surface area contributed by atoms with E-state index in [0.717, 1.165) is 38.2 Å². The Bertz CT molecular complexity index is 851. The van der Waals surface area contributed by atoms with Crippen LogP contribution in [0.3, 0.4) is 0 Å². The summed E-state index contributed by atoms with van der Waals surface area (Å²) >= 11 is 5.29. The molecule has 9 heteroatoms. The maximum absolute atomic E-state index is 11.5. The largest absolute Gasteiger partial charge is 0.495 e. The molecule has 1 N–H and O–H groups in total. The van der Waals surface area contributed by atoms with E-state index in [4.69, 9.17) is 17.0 Å². The summed E-state index contributed by atoms with van der Waals surface area (Å²) in [7, 11) is 0.138. The Labute approximate surface area is 157 Å². The molecule has 0 bridgehead atoms. The number of fused-ring (bicyclic) bond motifs is 3. The van der Waals surface area contributed by atoms with Crippen LogP contribution < -0.4 is 4.74 Å². The van der Waals surface area contributed by atoms with Crippen LogP contribution in [-0.4, -0.2) is 49.6 Å². The summed E-state index contributed by atoms with van der Waals surface area (Å²) in [6.45, 7) is 0. The van der Waals surface area contributed by atoms with Crippen molar-refractivity contribution in [2.75, 3.05) is 7.11 Å². The molecule has 1 radical (unpaired) electrons. The molecular formula is C12H10NaO4S4. The van der Waals surface area contributed by atoms with Crippen LogP contribution in [0.1, 0.15) is 11.1 Å². The molecule has 1 aliphatic rings. The van der Waals surface area contributed by atoms with E-state index >= 15 is 0 Å². The summed E-state index contributed by atoms with van der Waals surface area (Å²) in [5, 5.41) is 0. The third-order valence-corrected chi connectivity index (χ3v) is 7.33. The monoisotopic (exact) mass is 369 g/mol. The molecule has 1 aliphatic carbocycles. The summed E-state index contributed by atoms with van der Waals surface area (Å²) in [6, 6.07) is 3.17. The van der Waals surface area contributed by atoms with Crippen LogP contribution in [0.25, 0.3) is 10.4 Å². The first-order valence-electron chi connectivity index (χ1n) is 5.72. The standard InChI is InChI=1S/C12H10O4S4.Na/c1-16-9-4-6-2-3-7-11(18-19-12(7)17)8(6)5-10(9)20(13,14)15;/h4-5H,2-3H2,1H3,(H,13,14,15);. The van der Waals surface area contributed by atoms with Crippen molar-refractivity contribution in [3.05, 3.63) is 27.1 Å². The molecule has 4 nitrogen and oxygen atoms in total. The summed E-state index contributed by atoms with van der Waals surface area (Å²) in [4.78, 5) is 0.810. The normalized spacial score (nSPS) is 13.0. The molecule has 3 rings (SSSR count). The van der Waals surface area contributed by atoms with Crippen LogP contribution in [0.2, 0.25) is 0 Å². The van der Waals surface area contributed by atoms with Crippen LogP contribution in [0, 0.1) is 3.82 Å². The molecule has 1 heterocycles. The molecule has 1 aromatic heterocycles. The molecule has 0 fully saturated rings. The maximum atomic E-state index is 11.5. The number of ether oxygens (including phenoxy) is 1. The second kappa shape index (κ2) is 6.37. The van der Waals surface area contributed by atoms with E-state index in [2.05, 4.69) is 0 Å². The molecular weight excluding hydrogens is 359 g/mol. The first-order chi connectivity index (χ1) is 9.41. The van der Waals surface area contributed by atoms with Gasteiger partial charge in [-0.05, 0) is 36.1 Å². The molecule has 21 heavy (non-hydrogen) atoms. The third-order valence-electron chi connectivity index (χ3n) is 3.28. The average Bonchev–Trinajstić information content (AvgIpc) is 2.78. The fourth-order valence-corrected chi connectivity index (χ4v) is 6.04. The number of hydrogen-bond donors (Lipinski definition) is 1. The summed E-state index contributed by atoms with van der Waals surface area (Å²) in [5.74, 6) is 0.175. The number of hydrogen-bond acceptors (Lipinski definition) is 6. The van der Waals surface area contributed by atoms with Gasteiger partial charge in [-0.3, -0.25) is 4.55 Å². The van der Waals surface area contributed by atoms with Gasteiger partial charge in [-0.15, -0.1) is 0 Å². The molecule has 0 spiro atoms. The van der Waals surface area contributed by atoms with E-state index in [1.807, 2.05) is 0 Å². The van der Waals surface area contributed by atoms with Gasteiger partial charge in [0, 0.05) is 35.1 Å². The fourth-order valence-electron chi connectivity index (χ4n) is 2.34. The molecule has 0 saturated heterocycles. The quantitative estimate of drug-likeness (QED) is 0.381. The first-order valence-corrected chi connectivity index (χ1v) is 9.72. The van der Waals surface area contributed by atoms with E-state index in [9.17, 15) is 13.0 Å². The zero-order chi connectivity index (χ0) is 14.5. The second-order valence-electron chi connectivity index (χ2n) is 4.40. The van der Waals surface area contributed by atoms with E-state index in [1.165, 1.54) is 23.5 Å². The molecule has 2 aromatic rings. The van der Waals surface area contributed by atoms with Crippen molar-refractivity contribution in [3.8, 4) is 16.2 Å². The number of aryl methyl sites for hydroxylation is 1. The Morgan fingerprint density at radius 3 is 2.62 bits per heavy atom. The Kier molecular flexibility index (Phi) is 5.32. The minimum absolute atomic E-state index is 0. The van der Waals surface area contributed by atoms with Crippen LogP contribution >= 0.6 is 32.9 Å². The van der Waals surface area contributed by atoms with E-state index in [-0.39, 0.29) is 40.2 Å². The van der Waals surface area contributed by atoms with Crippen molar-refractivity contribution >= 4 is 72.6 Å². The van der Waals surface area contributed by atoms with Gasteiger partial charge in [0.15, 0.2) is 0 Å². The van der Waals surface area contributed by atoms with Crippen molar-refractivity contribution in [2.24, 2.45) is 0 Å².